The normalized spacial score (nSPS) is 13.7. The van der Waals surface area contributed by atoms with Crippen molar-refractivity contribution in [2.45, 2.75) is 25.3 Å². The second-order valence-corrected chi connectivity index (χ2v) is 9.77. The molecule has 1 fully saturated rings. The Morgan fingerprint density at radius 2 is 1.49 bits per heavy atom. The highest BCUT2D eigenvalue weighted by molar-refractivity contribution is 7.14. The number of carbonyl (C=O) groups excluding carboxylic acids is 1. The van der Waals surface area contributed by atoms with Crippen LogP contribution in [-0.4, -0.2) is 29.9 Å². The molecule has 0 aliphatic heterocycles. The SMILES string of the molecule is CCOC(=O)/C(=N/OCC1CC1)c1csc(NC(c2ccccc2)(c2ccccc2)c2ccccc2)n1. The van der Waals surface area contributed by atoms with Crippen LogP contribution in [0.4, 0.5) is 5.13 Å². The number of aromatic nitrogens is 1. The van der Waals surface area contributed by atoms with E-state index in [-0.39, 0.29) is 12.3 Å². The molecule has 3 aromatic carbocycles. The Bertz CT molecular complexity index is 1240. The van der Waals surface area contributed by atoms with E-state index in [0.29, 0.717) is 23.4 Å². The summed E-state index contributed by atoms with van der Waals surface area (Å²) >= 11 is 1.41. The van der Waals surface area contributed by atoms with Crippen molar-refractivity contribution in [1.29, 1.82) is 0 Å². The van der Waals surface area contributed by atoms with Gasteiger partial charge in [0.1, 0.15) is 17.8 Å². The Morgan fingerprint density at radius 3 is 1.97 bits per heavy atom. The zero-order valence-corrected chi connectivity index (χ0v) is 21.5. The molecule has 188 valence electrons. The van der Waals surface area contributed by atoms with Crippen LogP contribution in [0.3, 0.4) is 0 Å². The van der Waals surface area contributed by atoms with E-state index in [0.717, 1.165) is 29.5 Å². The van der Waals surface area contributed by atoms with Gasteiger partial charge >= 0.3 is 5.97 Å². The minimum atomic E-state index is -0.720. The Labute approximate surface area is 221 Å². The zero-order chi connectivity index (χ0) is 25.5. The maximum atomic E-state index is 12.7. The average molecular weight is 512 g/mol. The molecule has 1 heterocycles. The van der Waals surface area contributed by atoms with Gasteiger partial charge in [0.2, 0.25) is 5.71 Å². The van der Waals surface area contributed by atoms with Crippen LogP contribution in [0.25, 0.3) is 0 Å². The molecule has 0 saturated heterocycles. The summed E-state index contributed by atoms with van der Waals surface area (Å²) in [6.07, 6.45) is 2.27. The van der Waals surface area contributed by atoms with Gasteiger partial charge in [0.15, 0.2) is 5.13 Å². The fourth-order valence-electron chi connectivity index (χ4n) is 4.26. The van der Waals surface area contributed by atoms with Gasteiger partial charge in [-0.2, -0.15) is 0 Å². The minimum Gasteiger partial charge on any atom is -0.461 e. The van der Waals surface area contributed by atoms with E-state index in [9.17, 15) is 4.79 Å². The molecule has 0 radical (unpaired) electrons. The number of nitrogens with one attached hydrogen (secondary N) is 1. The summed E-state index contributed by atoms with van der Waals surface area (Å²) in [6, 6.07) is 30.9. The summed E-state index contributed by atoms with van der Waals surface area (Å²) in [7, 11) is 0. The number of nitrogens with zero attached hydrogens (tertiary/aromatic N) is 2. The zero-order valence-electron chi connectivity index (χ0n) is 20.7. The van der Waals surface area contributed by atoms with Crippen molar-refractivity contribution in [2.24, 2.45) is 11.1 Å². The van der Waals surface area contributed by atoms with Crippen LogP contribution in [0.2, 0.25) is 0 Å². The van der Waals surface area contributed by atoms with Crippen molar-refractivity contribution in [3.8, 4) is 0 Å². The molecule has 37 heavy (non-hydrogen) atoms. The van der Waals surface area contributed by atoms with Crippen LogP contribution in [-0.2, 0) is 19.9 Å². The van der Waals surface area contributed by atoms with E-state index in [1.54, 1.807) is 6.92 Å². The number of anilines is 1. The monoisotopic (exact) mass is 511 g/mol. The quantitative estimate of drug-likeness (QED) is 0.112. The molecule has 0 spiro atoms. The maximum Gasteiger partial charge on any atom is 0.362 e. The number of hydrogen-bond acceptors (Lipinski definition) is 7. The Balaban J connectivity index is 1.56. The van der Waals surface area contributed by atoms with Gasteiger partial charge in [-0.15, -0.1) is 11.3 Å². The second kappa shape index (κ2) is 11.4. The van der Waals surface area contributed by atoms with Gasteiger partial charge in [0.25, 0.3) is 0 Å². The minimum absolute atomic E-state index is 0.0801. The third-order valence-corrected chi connectivity index (χ3v) is 7.05. The molecule has 1 aliphatic rings. The number of thiazole rings is 1. The van der Waals surface area contributed by atoms with Crippen LogP contribution >= 0.6 is 11.3 Å². The summed E-state index contributed by atoms with van der Waals surface area (Å²) in [4.78, 5) is 23.0. The summed E-state index contributed by atoms with van der Waals surface area (Å²) in [5.41, 5.74) is 2.98. The molecule has 4 aromatic rings. The van der Waals surface area contributed by atoms with Crippen LogP contribution < -0.4 is 5.32 Å². The predicted octanol–water partition coefficient (Wildman–Crippen LogP) is 6.24. The molecule has 0 amide bonds. The number of ether oxygens (including phenoxy) is 1. The Kier molecular flexibility index (Phi) is 7.61. The lowest BCUT2D eigenvalue weighted by Crippen LogP contribution is -2.38. The van der Waals surface area contributed by atoms with Crippen molar-refractivity contribution < 1.29 is 14.4 Å². The van der Waals surface area contributed by atoms with Gasteiger partial charge in [-0.1, -0.05) is 96.2 Å². The van der Waals surface area contributed by atoms with Crippen LogP contribution in [0, 0.1) is 5.92 Å². The first-order valence-electron chi connectivity index (χ1n) is 12.5. The van der Waals surface area contributed by atoms with Gasteiger partial charge in [0, 0.05) is 5.38 Å². The van der Waals surface area contributed by atoms with Crippen molar-refractivity contribution in [2.75, 3.05) is 18.5 Å². The van der Waals surface area contributed by atoms with E-state index in [4.69, 9.17) is 14.6 Å². The van der Waals surface area contributed by atoms with Crippen LogP contribution in [0.5, 0.6) is 0 Å². The second-order valence-electron chi connectivity index (χ2n) is 8.91. The summed E-state index contributed by atoms with van der Waals surface area (Å²) in [6.45, 7) is 2.51. The maximum absolute atomic E-state index is 12.7. The van der Waals surface area contributed by atoms with Crippen LogP contribution in [0.1, 0.15) is 42.1 Å². The van der Waals surface area contributed by atoms with Gasteiger partial charge in [-0.3, -0.25) is 0 Å². The number of benzene rings is 3. The molecule has 0 bridgehead atoms. The van der Waals surface area contributed by atoms with Gasteiger partial charge < -0.3 is 14.9 Å². The molecule has 1 aromatic heterocycles. The lowest BCUT2D eigenvalue weighted by Gasteiger charge is -2.36. The number of carbonyl (C=O) groups is 1. The molecular formula is C30H29N3O3S. The van der Waals surface area contributed by atoms with Crippen molar-refractivity contribution in [3.05, 3.63) is 119 Å². The van der Waals surface area contributed by atoms with Gasteiger partial charge in [0.05, 0.1) is 6.61 Å². The number of rotatable bonds is 11. The third kappa shape index (κ3) is 5.57. The number of hydrogen-bond donors (Lipinski definition) is 1. The topological polar surface area (TPSA) is 72.8 Å². The van der Waals surface area contributed by atoms with Crippen molar-refractivity contribution >= 4 is 28.1 Å². The van der Waals surface area contributed by atoms with E-state index < -0.39 is 11.5 Å². The molecule has 1 saturated carbocycles. The molecular weight excluding hydrogens is 482 g/mol. The molecule has 1 aliphatic carbocycles. The summed E-state index contributed by atoms with van der Waals surface area (Å²) in [5, 5.41) is 10.3. The Hall–Kier alpha value is -3.97. The summed E-state index contributed by atoms with van der Waals surface area (Å²) < 4.78 is 5.24. The smallest absolute Gasteiger partial charge is 0.362 e. The molecule has 0 atom stereocenters. The van der Waals surface area contributed by atoms with E-state index in [1.165, 1.54) is 11.3 Å². The third-order valence-electron chi connectivity index (χ3n) is 6.29. The van der Waals surface area contributed by atoms with E-state index in [2.05, 4.69) is 46.9 Å². The number of esters is 1. The fraction of sp³-hybridized carbons (Fsp3) is 0.233. The molecule has 6 nitrogen and oxygen atoms in total. The van der Waals surface area contributed by atoms with E-state index >= 15 is 0 Å². The highest BCUT2D eigenvalue weighted by atomic mass is 32.1. The first kappa shape index (κ1) is 24.7. The molecule has 1 N–H and O–H groups in total. The Morgan fingerprint density at radius 1 is 0.946 bits per heavy atom. The largest absolute Gasteiger partial charge is 0.461 e. The molecule has 5 rings (SSSR count). The first-order valence-corrected chi connectivity index (χ1v) is 13.4. The van der Waals surface area contributed by atoms with Gasteiger partial charge in [-0.25, -0.2) is 9.78 Å². The van der Waals surface area contributed by atoms with Gasteiger partial charge in [-0.05, 0) is 42.4 Å². The van der Waals surface area contributed by atoms with E-state index in [1.807, 2.05) is 60.0 Å². The highest BCUT2D eigenvalue weighted by Crippen LogP contribution is 2.40. The highest BCUT2D eigenvalue weighted by Gasteiger charge is 2.37. The van der Waals surface area contributed by atoms with Crippen molar-refractivity contribution in [3.63, 3.8) is 0 Å². The predicted molar refractivity (Wildman–Crippen MR) is 147 cm³/mol. The fourth-order valence-corrected chi connectivity index (χ4v) is 5.01. The first-order chi connectivity index (χ1) is 18.2. The number of oxime groups is 1. The molecule has 0 unspecified atom stereocenters. The van der Waals surface area contributed by atoms with Crippen molar-refractivity contribution in [1.82, 2.24) is 4.98 Å². The lowest BCUT2D eigenvalue weighted by molar-refractivity contribution is -0.135. The standard InChI is InChI=1S/C30H29N3O3S/c1-2-35-28(34)27(33-36-20-22-18-19-22)26-21-37-29(31-26)32-30(23-12-6-3-7-13-23,24-14-8-4-9-15-24)25-16-10-5-11-17-25/h3-17,21-22H,2,18-20H2,1H3,(H,31,32)/b33-27+. The lowest BCUT2D eigenvalue weighted by atomic mass is 9.77. The average Bonchev–Trinajstić information content (AvgIpc) is 3.67. The summed E-state index contributed by atoms with van der Waals surface area (Å²) in [5.74, 6) is -0.0290. The van der Waals surface area contributed by atoms with Crippen LogP contribution in [0.15, 0.2) is 102 Å². The molecule has 7 heteroatoms.